The SMILES string of the molecule is Cl.O=C(Nc1ccccc1F)c1ccccc1. The Morgan fingerprint density at radius 2 is 1.53 bits per heavy atom. The van der Waals surface area contributed by atoms with Crippen LogP contribution in [0.1, 0.15) is 10.4 Å². The monoisotopic (exact) mass is 251 g/mol. The molecule has 0 unspecified atom stereocenters. The number of nitrogens with one attached hydrogen (secondary N) is 1. The lowest BCUT2D eigenvalue weighted by Gasteiger charge is -2.05. The normalized spacial score (nSPS) is 9.24. The molecule has 0 spiro atoms. The number of para-hydroxylation sites is 1. The Balaban J connectivity index is 0.00000144. The number of carbonyl (C=O) groups excluding carboxylic acids is 1. The molecule has 0 aliphatic rings. The van der Waals surface area contributed by atoms with Crippen molar-refractivity contribution >= 4 is 24.0 Å². The molecule has 1 amide bonds. The molecule has 0 bridgehead atoms. The Hall–Kier alpha value is -1.87. The lowest BCUT2D eigenvalue weighted by molar-refractivity contribution is 0.102. The highest BCUT2D eigenvalue weighted by Gasteiger charge is 2.07. The van der Waals surface area contributed by atoms with Crippen molar-refractivity contribution in [2.75, 3.05) is 5.32 Å². The van der Waals surface area contributed by atoms with Gasteiger partial charge in [0.05, 0.1) is 5.69 Å². The summed E-state index contributed by atoms with van der Waals surface area (Å²) in [7, 11) is 0. The van der Waals surface area contributed by atoms with E-state index < -0.39 is 5.82 Å². The molecular weight excluding hydrogens is 241 g/mol. The van der Waals surface area contributed by atoms with Crippen LogP contribution in [0, 0.1) is 5.82 Å². The van der Waals surface area contributed by atoms with E-state index in [9.17, 15) is 9.18 Å². The van der Waals surface area contributed by atoms with Gasteiger partial charge in [0.15, 0.2) is 0 Å². The average molecular weight is 252 g/mol. The Kier molecular flexibility index (Phi) is 4.67. The number of rotatable bonds is 2. The Labute approximate surface area is 105 Å². The van der Waals surface area contributed by atoms with Gasteiger partial charge >= 0.3 is 0 Å². The first kappa shape index (κ1) is 13.2. The van der Waals surface area contributed by atoms with Gasteiger partial charge in [0.25, 0.3) is 5.91 Å². The predicted molar refractivity (Wildman–Crippen MR) is 68.0 cm³/mol. The third-order valence-electron chi connectivity index (χ3n) is 2.16. The summed E-state index contributed by atoms with van der Waals surface area (Å²) in [5.74, 6) is -0.752. The van der Waals surface area contributed by atoms with E-state index in [0.29, 0.717) is 5.56 Å². The van der Waals surface area contributed by atoms with Crippen molar-refractivity contribution in [3.05, 3.63) is 66.0 Å². The average Bonchev–Trinajstić information content (AvgIpc) is 2.33. The molecule has 0 saturated carbocycles. The fourth-order valence-corrected chi connectivity index (χ4v) is 1.35. The predicted octanol–water partition coefficient (Wildman–Crippen LogP) is 3.50. The van der Waals surface area contributed by atoms with Gasteiger partial charge in [-0.2, -0.15) is 0 Å². The fraction of sp³-hybridized carbons (Fsp3) is 0. The van der Waals surface area contributed by atoms with Crippen LogP contribution >= 0.6 is 12.4 Å². The van der Waals surface area contributed by atoms with Crippen LogP contribution in [0.5, 0.6) is 0 Å². The molecule has 0 heterocycles. The number of benzene rings is 2. The van der Waals surface area contributed by atoms with Crippen LogP contribution in [0.15, 0.2) is 54.6 Å². The molecule has 1 N–H and O–H groups in total. The molecule has 2 aromatic carbocycles. The van der Waals surface area contributed by atoms with E-state index >= 15 is 0 Å². The van der Waals surface area contributed by atoms with Gasteiger partial charge in [-0.05, 0) is 24.3 Å². The van der Waals surface area contributed by atoms with Gasteiger partial charge in [-0.1, -0.05) is 30.3 Å². The number of halogens is 2. The molecule has 0 radical (unpaired) electrons. The summed E-state index contributed by atoms with van der Waals surface area (Å²) in [6, 6.07) is 14.8. The topological polar surface area (TPSA) is 29.1 Å². The van der Waals surface area contributed by atoms with Gasteiger partial charge in [-0.25, -0.2) is 4.39 Å². The third-order valence-corrected chi connectivity index (χ3v) is 2.16. The summed E-state index contributed by atoms with van der Waals surface area (Å²) in [6.07, 6.45) is 0. The van der Waals surface area contributed by atoms with Crippen molar-refractivity contribution in [1.82, 2.24) is 0 Å². The van der Waals surface area contributed by atoms with E-state index in [0.717, 1.165) is 0 Å². The minimum Gasteiger partial charge on any atom is -0.319 e. The van der Waals surface area contributed by atoms with Gasteiger partial charge < -0.3 is 5.32 Å². The molecule has 0 aliphatic heterocycles. The number of anilines is 1. The van der Waals surface area contributed by atoms with Crippen LogP contribution in [0.4, 0.5) is 10.1 Å². The number of carbonyl (C=O) groups is 1. The summed E-state index contributed by atoms with van der Waals surface area (Å²) in [6.45, 7) is 0. The molecule has 0 fully saturated rings. The van der Waals surface area contributed by atoms with Crippen LogP contribution < -0.4 is 5.32 Å². The second-order valence-electron chi connectivity index (χ2n) is 3.30. The van der Waals surface area contributed by atoms with Gasteiger partial charge in [-0.15, -0.1) is 12.4 Å². The van der Waals surface area contributed by atoms with Crippen molar-refractivity contribution in [3.63, 3.8) is 0 Å². The van der Waals surface area contributed by atoms with Gasteiger partial charge in [0, 0.05) is 5.56 Å². The number of amides is 1. The zero-order chi connectivity index (χ0) is 11.4. The first-order valence-corrected chi connectivity index (χ1v) is 4.88. The lowest BCUT2D eigenvalue weighted by atomic mass is 10.2. The zero-order valence-electron chi connectivity index (χ0n) is 8.89. The molecule has 2 nitrogen and oxygen atoms in total. The van der Waals surface area contributed by atoms with Crippen molar-refractivity contribution in [2.24, 2.45) is 0 Å². The quantitative estimate of drug-likeness (QED) is 0.870. The van der Waals surface area contributed by atoms with E-state index in [1.807, 2.05) is 6.07 Å². The van der Waals surface area contributed by atoms with E-state index in [-0.39, 0.29) is 24.0 Å². The Morgan fingerprint density at radius 1 is 0.941 bits per heavy atom. The minimum absolute atomic E-state index is 0. The molecule has 0 aromatic heterocycles. The molecule has 17 heavy (non-hydrogen) atoms. The van der Waals surface area contributed by atoms with Gasteiger partial charge in [0.2, 0.25) is 0 Å². The maximum Gasteiger partial charge on any atom is 0.255 e. The standard InChI is InChI=1S/C13H10FNO.ClH/c14-11-8-4-5-9-12(11)15-13(16)10-6-2-1-3-7-10;/h1-9H,(H,15,16);1H. The van der Waals surface area contributed by atoms with Crippen LogP contribution in [0.2, 0.25) is 0 Å². The smallest absolute Gasteiger partial charge is 0.255 e. The molecule has 4 heteroatoms. The van der Waals surface area contributed by atoms with Crippen LogP contribution in [0.25, 0.3) is 0 Å². The highest BCUT2D eigenvalue weighted by molar-refractivity contribution is 6.04. The number of hydrogen-bond donors (Lipinski definition) is 1. The largest absolute Gasteiger partial charge is 0.319 e. The Morgan fingerprint density at radius 3 is 2.18 bits per heavy atom. The van der Waals surface area contributed by atoms with Crippen LogP contribution in [-0.2, 0) is 0 Å². The highest BCUT2D eigenvalue weighted by atomic mass is 35.5. The summed E-state index contributed by atoms with van der Waals surface area (Å²) >= 11 is 0. The molecule has 0 aliphatic carbocycles. The van der Waals surface area contributed by atoms with Gasteiger partial charge in [0.1, 0.15) is 5.82 Å². The van der Waals surface area contributed by atoms with Crippen molar-refractivity contribution in [2.45, 2.75) is 0 Å². The summed E-state index contributed by atoms with van der Waals surface area (Å²) in [4.78, 5) is 11.7. The minimum atomic E-state index is -0.438. The molecule has 0 atom stereocenters. The zero-order valence-corrected chi connectivity index (χ0v) is 9.71. The third kappa shape index (κ3) is 3.29. The molecule has 88 valence electrons. The first-order valence-electron chi connectivity index (χ1n) is 4.88. The fourth-order valence-electron chi connectivity index (χ4n) is 1.35. The number of hydrogen-bond acceptors (Lipinski definition) is 1. The van der Waals surface area contributed by atoms with Crippen molar-refractivity contribution < 1.29 is 9.18 Å². The highest BCUT2D eigenvalue weighted by Crippen LogP contribution is 2.13. The Bertz CT molecular complexity index is 502. The summed E-state index contributed by atoms with van der Waals surface area (Å²) in [5, 5.41) is 2.51. The molecular formula is C13H11ClFNO. The van der Waals surface area contributed by atoms with E-state index in [1.54, 1.807) is 36.4 Å². The maximum atomic E-state index is 13.3. The maximum absolute atomic E-state index is 13.3. The van der Waals surface area contributed by atoms with Crippen molar-refractivity contribution in [1.29, 1.82) is 0 Å². The van der Waals surface area contributed by atoms with E-state index in [4.69, 9.17) is 0 Å². The second-order valence-corrected chi connectivity index (χ2v) is 3.30. The van der Waals surface area contributed by atoms with Crippen molar-refractivity contribution in [3.8, 4) is 0 Å². The second kappa shape index (κ2) is 6.01. The van der Waals surface area contributed by atoms with Crippen LogP contribution in [-0.4, -0.2) is 5.91 Å². The van der Waals surface area contributed by atoms with E-state index in [2.05, 4.69) is 5.32 Å². The summed E-state index contributed by atoms with van der Waals surface area (Å²) < 4.78 is 13.3. The first-order chi connectivity index (χ1) is 7.77. The summed E-state index contributed by atoms with van der Waals surface area (Å²) in [5.41, 5.74) is 0.696. The lowest BCUT2D eigenvalue weighted by Crippen LogP contribution is -2.12. The molecule has 2 aromatic rings. The van der Waals surface area contributed by atoms with Gasteiger partial charge in [-0.3, -0.25) is 4.79 Å². The van der Waals surface area contributed by atoms with E-state index in [1.165, 1.54) is 12.1 Å². The van der Waals surface area contributed by atoms with Crippen LogP contribution in [0.3, 0.4) is 0 Å². The molecule has 2 rings (SSSR count). The molecule has 0 saturated heterocycles.